The lowest BCUT2D eigenvalue weighted by Gasteiger charge is -2.18. The van der Waals surface area contributed by atoms with Crippen molar-refractivity contribution in [2.75, 3.05) is 19.7 Å². The van der Waals surface area contributed by atoms with Crippen LogP contribution < -0.4 is 5.32 Å². The summed E-state index contributed by atoms with van der Waals surface area (Å²) in [5.41, 5.74) is 2.42. The van der Waals surface area contributed by atoms with E-state index in [-0.39, 0.29) is 12.5 Å². The van der Waals surface area contributed by atoms with Gasteiger partial charge in [0, 0.05) is 26.1 Å². The van der Waals surface area contributed by atoms with Crippen LogP contribution in [0.5, 0.6) is 0 Å². The van der Waals surface area contributed by atoms with Crippen LogP contribution in [0, 0.1) is 0 Å². The van der Waals surface area contributed by atoms with E-state index in [0.717, 1.165) is 31.6 Å². The lowest BCUT2D eigenvalue weighted by Crippen LogP contribution is -2.23. The normalized spacial score (nSPS) is 10.9. The van der Waals surface area contributed by atoms with Crippen molar-refractivity contribution in [3.8, 4) is 0 Å². The van der Waals surface area contributed by atoms with Gasteiger partial charge < -0.3 is 10.4 Å². The number of nitrogens with one attached hydrogen (secondary N) is 1. The average Bonchev–Trinajstić information content (AvgIpc) is 2.52. The second-order valence-electron chi connectivity index (χ2n) is 5.24. The Morgan fingerprint density at radius 3 is 2.29 bits per heavy atom. The number of nitrogens with zero attached hydrogens (tertiary/aromatic N) is 1. The molecule has 0 bridgehead atoms. The molecule has 0 radical (unpaired) electrons. The molecule has 4 heteroatoms. The Kier molecular flexibility index (Phi) is 8.71. The van der Waals surface area contributed by atoms with Crippen LogP contribution in [0.4, 0.5) is 0 Å². The fourth-order valence-electron chi connectivity index (χ4n) is 2.15. The van der Waals surface area contributed by atoms with Gasteiger partial charge in [0.05, 0.1) is 0 Å². The molecule has 1 aromatic carbocycles. The number of rotatable bonds is 10. The van der Waals surface area contributed by atoms with Crippen LogP contribution in [0.25, 0.3) is 0 Å². The molecule has 0 aliphatic rings. The highest BCUT2D eigenvalue weighted by molar-refractivity contribution is 5.75. The highest BCUT2D eigenvalue weighted by Crippen LogP contribution is 2.07. The van der Waals surface area contributed by atoms with Gasteiger partial charge in [0.25, 0.3) is 0 Å². The summed E-state index contributed by atoms with van der Waals surface area (Å²) in [5.74, 6) is 0.0515. The summed E-state index contributed by atoms with van der Waals surface area (Å²) in [5, 5.41) is 11.6. The van der Waals surface area contributed by atoms with Gasteiger partial charge in [-0.1, -0.05) is 38.1 Å². The molecule has 1 rings (SSSR count). The Labute approximate surface area is 128 Å². The van der Waals surface area contributed by atoms with Crippen LogP contribution in [0.2, 0.25) is 0 Å². The number of hydrogen-bond acceptors (Lipinski definition) is 3. The first-order chi connectivity index (χ1) is 10.2. The highest BCUT2D eigenvalue weighted by Gasteiger charge is 2.03. The van der Waals surface area contributed by atoms with Gasteiger partial charge in [-0.3, -0.25) is 9.69 Å². The van der Waals surface area contributed by atoms with Gasteiger partial charge in [0.15, 0.2) is 0 Å². The molecule has 1 amide bonds. The van der Waals surface area contributed by atoms with Gasteiger partial charge in [0.2, 0.25) is 5.91 Å². The van der Waals surface area contributed by atoms with Gasteiger partial charge >= 0.3 is 0 Å². The van der Waals surface area contributed by atoms with Crippen molar-refractivity contribution in [3.63, 3.8) is 0 Å². The van der Waals surface area contributed by atoms with Crippen LogP contribution in [0.15, 0.2) is 24.3 Å². The maximum atomic E-state index is 11.6. The van der Waals surface area contributed by atoms with Crippen molar-refractivity contribution in [2.24, 2.45) is 0 Å². The van der Waals surface area contributed by atoms with E-state index in [0.29, 0.717) is 19.4 Å². The number of unbranched alkanes of at least 4 members (excludes halogenated alkanes) is 1. The van der Waals surface area contributed by atoms with Crippen LogP contribution >= 0.6 is 0 Å². The predicted molar refractivity (Wildman–Crippen MR) is 85.9 cm³/mol. The van der Waals surface area contributed by atoms with Crippen molar-refractivity contribution in [2.45, 2.75) is 46.2 Å². The van der Waals surface area contributed by atoms with E-state index in [4.69, 9.17) is 5.11 Å². The van der Waals surface area contributed by atoms with Crippen LogP contribution in [-0.4, -0.2) is 35.6 Å². The third-order valence-corrected chi connectivity index (χ3v) is 3.63. The van der Waals surface area contributed by atoms with Crippen molar-refractivity contribution in [3.05, 3.63) is 35.4 Å². The molecule has 0 aromatic heterocycles. The molecule has 0 saturated heterocycles. The number of aliphatic hydroxyl groups is 1. The molecule has 0 aliphatic carbocycles. The first kappa shape index (κ1) is 17.7. The standard InChI is InChI=1S/C17H28N2O2/c1-3-19(4-2)14-16-10-8-15(9-11-16)13-18-17(21)7-5-6-12-20/h8-11,20H,3-7,12-14H2,1-2H3,(H,18,21). The molecule has 0 spiro atoms. The Morgan fingerprint density at radius 1 is 1.10 bits per heavy atom. The molecule has 0 fully saturated rings. The lowest BCUT2D eigenvalue weighted by molar-refractivity contribution is -0.121. The quantitative estimate of drug-likeness (QED) is 0.651. The Hall–Kier alpha value is -1.39. The molecule has 0 atom stereocenters. The summed E-state index contributed by atoms with van der Waals surface area (Å²) in [6.45, 7) is 8.16. The zero-order chi connectivity index (χ0) is 15.5. The maximum absolute atomic E-state index is 11.6. The minimum absolute atomic E-state index is 0.0515. The topological polar surface area (TPSA) is 52.6 Å². The second kappa shape index (κ2) is 10.4. The van der Waals surface area contributed by atoms with E-state index < -0.39 is 0 Å². The molecule has 118 valence electrons. The molecule has 0 saturated carbocycles. The highest BCUT2D eigenvalue weighted by atomic mass is 16.2. The summed E-state index contributed by atoms with van der Waals surface area (Å²) in [7, 11) is 0. The van der Waals surface area contributed by atoms with E-state index in [1.54, 1.807) is 0 Å². The SMILES string of the molecule is CCN(CC)Cc1ccc(CNC(=O)CCCCO)cc1. The molecule has 21 heavy (non-hydrogen) atoms. The van der Waals surface area contributed by atoms with E-state index in [2.05, 4.69) is 48.3 Å². The van der Waals surface area contributed by atoms with Gasteiger partial charge in [-0.25, -0.2) is 0 Å². The summed E-state index contributed by atoms with van der Waals surface area (Å²) >= 11 is 0. The molecule has 4 nitrogen and oxygen atoms in total. The first-order valence-corrected chi connectivity index (χ1v) is 7.87. The Balaban J connectivity index is 2.35. The van der Waals surface area contributed by atoms with Gasteiger partial charge in [-0.15, -0.1) is 0 Å². The molecular weight excluding hydrogens is 264 g/mol. The zero-order valence-corrected chi connectivity index (χ0v) is 13.3. The van der Waals surface area contributed by atoms with E-state index >= 15 is 0 Å². The Morgan fingerprint density at radius 2 is 1.71 bits per heavy atom. The summed E-state index contributed by atoms with van der Waals surface area (Å²) in [6, 6.07) is 8.41. The van der Waals surface area contributed by atoms with Crippen LogP contribution in [0.1, 0.15) is 44.2 Å². The molecule has 2 N–H and O–H groups in total. The number of aliphatic hydroxyl groups excluding tert-OH is 1. The van der Waals surface area contributed by atoms with E-state index in [1.807, 2.05) is 0 Å². The number of amides is 1. The van der Waals surface area contributed by atoms with Gasteiger partial charge in [0.1, 0.15) is 0 Å². The van der Waals surface area contributed by atoms with Crippen molar-refractivity contribution in [1.29, 1.82) is 0 Å². The monoisotopic (exact) mass is 292 g/mol. The fourth-order valence-corrected chi connectivity index (χ4v) is 2.15. The number of carbonyl (C=O) groups is 1. The van der Waals surface area contributed by atoms with Gasteiger partial charge in [-0.05, 0) is 37.1 Å². The molecule has 0 heterocycles. The lowest BCUT2D eigenvalue weighted by atomic mass is 10.1. The van der Waals surface area contributed by atoms with Gasteiger partial charge in [-0.2, -0.15) is 0 Å². The average molecular weight is 292 g/mol. The zero-order valence-electron chi connectivity index (χ0n) is 13.3. The minimum Gasteiger partial charge on any atom is -0.396 e. The van der Waals surface area contributed by atoms with Crippen LogP contribution in [0.3, 0.4) is 0 Å². The van der Waals surface area contributed by atoms with E-state index in [9.17, 15) is 4.79 Å². The molecular formula is C17H28N2O2. The Bertz CT molecular complexity index is 400. The summed E-state index contributed by atoms with van der Waals surface area (Å²) < 4.78 is 0. The maximum Gasteiger partial charge on any atom is 0.220 e. The number of carbonyl (C=O) groups excluding carboxylic acids is 1. The number of benzene rings is 1. The molecule has 0 unspecified atom stereocenters. The minimum atomic E-state index is 0.0515. The van der Waals surface area contributed by atoms with E-state index in [1.165, 1.54) is 5.56 Å². The third kappa shape index (κ3) is 7.25. The smallest absolute Gasteiger partial charge is 0.220 e. The molecule has 0 aliphatic heterocycles. The summed E-state index contributed by atoms with van der Waals surface area (Å²) in [4.78, 5) is 14.0. The van der Waals surface area contributed by atoms with Crippen molar-refractivity contribution >= 4 is 5.91 Å². The molecule has 1 aromatic rings. The van der Waals surface area contributed by atoms with Crippen molar-refractivity contribution in [1.82, 2.24) is 10.2 Å². The number of hydrogen-bond donors (Lipinski definition) is 2. The van der Waals surface area contributed by atoms with Crippen molar-refractivity contribution < 1.29 is 9.90 Å². The summed E-state index contributed by atoms with van der Waals surface area (Å²) in [6.07, 6.45) is 1.92. The first-order valence-electron chi connectivity index (χ1n) is 7.87. The third-order valence-electron chi connectivity index (χ3n) is 3.63. The largest absolute Gasteiger partial charge is 0.396 e. The van der Waals surface area contributed by atoms with Crippen LogP contribution in [-0.2, 0) is 17.9 Å². The predicted octanol–water partition coefficient (Wildman–Crippen LogP) is 2.31. The fraction of sp³-hybridized carbons (Fsp3) is 0.588. The second-order valence-corrected chi connectivity index (χ2v) is 5.24.